The van der Waals surface area contributed by atoms with Gasteiger partial charge in [0.15, 0.2) is 4.34 Å². The number of carbonyl (C=O) groups excluding carboxylic acids is 2. The van der Waals surface area contributed by atoms with E-state index in [0.29, 0.717) is 30.4 Å². The van der Waals surface area contributed by atoms with Crippen molar-refractivity contribution in [2.45, 2.75) is 10.6 Å². The molecule has 12 nitrogen and oxygen atoms in total. The number of amides is 2. The molecular weight excluding hydrogens is 519 g/mol. The van der Waals surface area contributed by atoms with Gasteiger partial charge < -0.3 is 5.32 Å². The Kier molecular flexibility index (Phi) is 7.22. The highest BCUT2D eigenvalue weighted by molar-refractivity contribution is 8.14. The number of nitrogens with zero attached hydrogens (tertiary/aromatic N) is 6. The van der Waals surface area contributed by atoms with Crippen molar-refractivity contribution in [2.75, 3.05) is 22.1 Å². The molecule has 168 valence electrons. The molecule has 1 aromatic heterocycles. The first-order valence-electron chi connectivity index (χ1n) is 8.72. The molecule has 0 fully saturated rings. The van der Waals surface area contributed by atoms with Crippen LogP contribution in [0.1, 0.15) is 0 Å². The molecule has 2 aromatic rings. The van der Waals surface area contributed by atoms with E-state index in [9.17, 15) is 9.59 Å². The first-order chi connectivity index (χ1) is 15.4. The Bertz CT molecular complexity index is 1100. The summed E-state index contributed by atoms with van der Waals surface area (Å²) in [6.07, 6.45) is 1.08. The average molecular weight is 533 g/mol. The van der Waals surface area contributed by atoms with Gasteiger partial charge in [0.05, 0.1) is 21.6 Å². The van der Waals surface area contributed by atoms with Crippen molar-refractivity contribution in [3.05, 3.63) is 28.2 Å². The predicted octanol–water partition coefficient (Wildman–Crippen LogP) is 1.84. The van der Waals surface area contributed by atoms with Crippen molar-refractivity contribution in [2.24, 2.45) is 16.0 Å². The van der Waals surface area contributed by atoms with Gasteiger partial charge in [0.2, 0.25) is 28.4 Å². The van der Waals surface area contributed by atoms with Crippen molar-refractivity contribution < 1.29 is 9.59 Å². The Hall–Kier alpha value is -2.30. The van der Waals surface area contributed by atoms with Crippen LogP contribution in [0, 0.1) is 0 Å². The summed E-state index contributed by atoms with van der Waals surface area (Å²) in [7, 11) is 0. The molecule has 2 amide bonds. The maximum Gasteiger partial charge on any atom is 0.236 e. The smallest absolute Gasteiger partial charge is 0.236 e. The van der Waals surface area contributed by atoms with E-state index in [4.69, 9.17) is 29.0 Å². The molecule has 3 heterocycles. The van der Waals surface area contributed by atoms with Gasteiger partial charge in [0.25, 0.3) is 0 Å². The maximum absolute atomic E-state index is 12.2. The van der Waals surface area contributed by atoms with Gasteiger partial charge in [-0.3, -0.25) is 25.3 Å². The van der Waals surface area contributed by atoms with Gasteiger partial charge in [-0.15, -0.1) is 15.3 Å². The first-order valence-corrected chi connectivity index (χ1v) is 12.3. The molecular formula is C15H14Cl2N10O2S3. The van der Waals surface area contributed by atoms with E-state index in [1.165, 1.54) is 46.2 Å². The molecule has 2 aliphatic heterocycles. The number of aromatic nitrogens is 2. The number of hydrogen-bond donors (Lipinski definition) is 4. The number of nitrogens with one attached hydrogen (secondary N) is 3. The van der Waals surface area contributed by atoms with Crippen LogP contribution >= 0.6 is 58.1 Å². The van der Waals surface area contributed by atoms with Gasteiger partial charge in [-0.05, 0) is 18.2 Å². The van der Waals surface area contributed by atoms with E-state index < -0.39 is 0 Å². The molecule has 17 heteroatoms. The standard InChI is InChI=1S/C15H14Cl2N10O2S3/c16-8-2-1-7(3-9(8)17)20-10(28)5-31-15-25-22-12(32-15)21-11(29)4-30-14-24-23-13-26(18)6-19-27(13)14/h1-3,6,13,23H,4-5,18H2,(H,20,28)(H,21,22,29)/t13-/m0/s1. The van der Waals surface area contributed by atoms with Crippen LogP contribution in [0.3, 0.4) is 0 Å². The number of fused-ring (bicyclic) bond motifs is 1. The lowest BCUT2D eigenvalue weighted by Gasteiger charge is -2.19. The minimum absolute atomic E-state index is 0.0952. The number of halogens is 2. The van der Waals surface area contributed by atoms with E-state index in [2.05, 4.69) is 36.5 Å². The van der Waals surface area contributed by atoms with Gasteiger partial charge in [0, 0.05) is 5.69 Å². The topological polar surface area (TPSA) is 153 Å². The summed E-state index contributed by atoms with van der Waals surface area (Å²) >= 11 is 15.4. The fourth-order valence-electron chi connectivity index (χ4n) is 2.41. The molecule has 2 aliphatic rings. The average Bonchev–Trinajstić information content (AvgIpc) is 3.46. The first kappa shape index (κ1) is 22.9. The SMILES string of the molecule is NN1C=NN2C(SCC(=O)Nc3nnc(SCC(=O)Nc4ccc(Cl)c(Cl)c4)s3)=NN[C@@H]12. The minimum atomic E-state index is -0.378. The zero-order chi connectivity index (χ0) is 22.7. The second kappa shape index (κ2) is 10.1. The molecule has 0 saturated heterocycles. The summed E-state index contributed by atoms with van der Waals surface area (Å²) in [6, 6.07) is 4.82. The van der Waals surface area contributed by atoms with E-state index >= 15 is 0 Å². The Labute approximate surface area is 203 Å². The maximum atomic E-state index is 12.2. The van der Waals surface area contributed by atoms with Gasteiger partial charge in [-0.2, -0.15) is 10.1 Å². The van der Waals surface area contributed by atoms with Crippen LogP contribution in [0.25, 0.3) is 0 Å². The van der Waals surface area contributed by atoms with E-state index in [0.717, 1.165) is 0 Å². The number of benzene rings is 1. The highest BCUT2D eigenvalue weighted by Gasteiger charge is 2.35. The molecule has 4 rings (SSSR count). The zero-order valence-corrected chi connectivity index (χ0v) is 19.8. The third-order valence-electron chi connectivity index (χ3n) is 3.81. The number of rotatable bonds is 7. The van der Waals surface area contributed by atoms with Crippen LogP contribution in [0.15, 0.2) is 32.7 Å². The van der Waals surface area contributed by atoms with Crippen LogP contribution in [-0.2, 0) is 9.59 Å². The third-order valence-corrected chi connectivity index (χ3v) is 7.46. The number of hydrogen-bond acceptors (Lipinski definition) is 13. The molecule has 32 heavy (non-hydrogen) atoms. The van der Waals surface area contributed by atoms with Crippen LogP contribution in [0.4, 0.5) is 10.8 Å². The lowest BCUT2D eigenvalue weighted by Crippen LogP contribution is -2.48. The Morgan fingerprint density at radius 1 is 1.16 bits per heavy atom. The van der Waals surface area contributed by atoms with E-state index in [1.807, 2.05) is 0 Å². The van der Waals surface area contributed by atoms with E-state index in [-0.39, 0.29) is 29.6 Å². The third kappa shape index (κ3) is 5.54. The van der Waals surface area contributed by atoms with Gasteiger partial charge in [-0.25, -0.2) is 5.84 Å². The molecule has 1 atom stereocenters. The molecule has 0 spiro atoms. The van der Waals surface area contributed by atoms with Crippen molar-refractivity contribution in [1.82, 2.24) is 25.6 Å². The lowest BCUT2D eigenvalue weighted by molar-refractivity contribution is -0.114. The quantitative estimate of drug-likeness (QED) is 0.236. The number of thioether (sulfide) groups is 2. The highest BCUT2D eigenvalue weighted by Crippen LogP contribution is 2.27. The molecule has 1 aromatic carbocycles. The number of hydrazine groups is 1. The lowest BCUT2D eigenvalue weighted by atomic mass is 10.3. The Morgan fingerprint density at radius 2 is 1.94 bits per heavy atom. The van der Waals surface area contributed by atoms with Crippen molar-refractivity contribution >= 4 is 92.2 Å². The van der Waals surface area contributed by atoms with Crippen LogP contribution in [-0.4, -0.2) is 61.3 Å². The number of amidine groups is 1. The molecule has 0 bridgehead atoms. The summed E-state index contributed by atoms with van der Waals surface area (Å²) in [4.78, 5) is 24.3. The summed E-state index contributed by atoms with van der Waals surface area (Å²) < 4.78 is 0.541. The van der Waals surface area contributed by atoms with Crippen molar-refractivity contribution in [1.29, 1.82) is 0 Å². The summed E-state index contributed by atoms with van der Waals surface area (Å²) in [6.45, 7) is 0. The highest BCUT2D eigenvalue weighted by atomic mass is 35.5. The van der Waals surface area contributed by atoms with Crippen LogP contribution in [0.5, 0.6) is 0 Å². The fourth-order valence-corrected chi connectivity index (χ4v) is 5.00. The summed E-state index contributed by atoms with van der Waals surface area (Å²) in [5.74, 6) is 5.39. The Morgan fingerprint density at radius 3 is 2.75 bits per heavy atom. The second-order valence-electron chi connectivity index (χ2n) is 6.10. The molecule has 5 N–H and O–H groups in total. The Balaban J connectivity index is 1.20. The summed E-state index contributed by atoms with van der Waals surface area (Å²) in [5.41, 5.74) is 3.35. The van der Waals surface area contributed by atoms with Crippen molar-refractivity contribution in [3.63, 3.8) is 0 Å². The number of hydrazone groups is 2. The molecule has 0 radical (unpaired) electrons. The largest absolute Gasteiger partial charge is 0.325 e. The normalized spacial score (nSPS) is 16.6. The number of carbonyl (C=O) groups is 2. The predicted molar refractivity (Wildman–Crippen MR) is 128 cm³/mol. The summed E-state index contributed by atoms with van der Waals surface area (Å²) in [5, 5.41) is 26.0. The van der Waals surface area contributed by atoms with Gasteiger partial charge >= 0.3 is 0 Å². The van der Waals surface area contributed by atoms with E-state index in [1.54, 1.807) is 23.2 Å². The number of anilines is 2. The van der Waals surface area contributed by atoms with Crippen LogP contribution < -0.4 is 21.9 Å². The molecule has 0 saturated carbocycles. The van der Waals surface area contributed by atoms with Crippen LogP contribution in [0.2, 0.25) is 10.0 Å². The van der Waals surface area contributed by atoms with Gasteiger partial charge in [0.1, 0.15) is 6.34 Å². The molecule has 0 aliphatic carbocycles. The van der Waals surface area contributed by atoms with Crippen molar-refractivity contribution in [3.8, 4) is 0 Å². The second-order valence-corrected chi connectivity index (χ2v) is 10.1. The minimum Gasteiger partial charge on any atom is -0.325 e. The fraction of sp³-hybridized carbons (Fsp3) is 0.200. The van der Waals surface area contributed by atoms with Gasteiger partial charge in [-0.1, -0.05) is 58.1 Å². The molecule has 0 unspecified atom stereocenters. The zero-order valence-electron chi connectivity index (χ0n) is 15.9. The monoisotopic (exact) mass is 532 g/mol. The number of nitrogens with two attached hydrogens (primary N) is 1.